The van der Waals surface area contributed by atoms with Crippen molar-refractivity contribution in [3.63, 3.8) is 0 Å². The van der Waals surface area contributed by atoms with E-state index in [2.05, 4.69) is 15.9 Å². The summed E-state index contributed by atoms with van der Waals surface area (Å²) in [6.45, 7) is 0.419. The third-order valence-electron chi connectivity index (χ3n) is 3.98. The summed E-state index contributed by atoms with van der Waals surface area (Å²) in [6, 6.07) is 22.9. The van der Waals surface area contributed by atoms with Gasteiger partial charge in [-0.1, -0.05) is 58.4 Å². The molecule has 0 atom stereocenters. The van der Waals surface area contributed by atoms with E-state index in [0.29, 0.717) is 17.9 Å². The summed E-state index contributed by atoms with van der Waals surface area (Å²) in [6.07, 6.45) is 0.287. The molecule has 3 rings (SSSR count). The zero-order chi connectivity index (χ0) is 18.4. The molecule has 0 aromatic heterocycles. The maximum atomic E-state index is 12.9. The molecule has 0 aliphatic rings. The Kier molecular flexibility index (Phi) is 6.08. The number of rotatable bonds is 7. The maximum absolute atomic E-state index is 12.9. The molecule has 0 N–H and O–H groups in total. The third-order valence-corrected chi connectivity index (χ3v) is 4.47. The molecule has 0 unspecified atom stereocenters. The molecule has 0 heterocycles. The van der Waals surface area contributed by atoms with Crippen molar-refractivity contribution in [2.24, 2.45) is 0 Å². The summed E-state index contributed by atoms with van der Waals surface area (Å²) < 4.78 is 12.0. The lowest BCUT2D eigenvalue weighted by Crippen LogP contribution is -2.07. The van der Waals surface area contributed by atoms with Gasteiger partial charge in [-0.15, -0.1) is 0 Å². The zero-order valence-electron chi connectivity index (χ0n) is 14.4. The molecule has 3 aromatic carbocycles. The molecule has 0 saturated heterocycles. The molecule has 3 aromatic rings. The van der Waals surface area contributed by atoms with Crippen molar-refractivity contribution in [2.45, 2.75) is 13.0 Å². The summed E-state index contributed by atoms with van der Waals surface area (Å²) in [4.78, 5) is 12.9. The normalized spacial score (nSPS) is 10.4. The van der Waals surface area contributed by atoms with Gasteiger partial charge < -0.3 is 9.47 Å². The van der Waals surface area contributed by atoms with Crippen LogP contribution in [0.4, 0.5) is 0 Å². The molecule has 132 valence electrons. The SMILES string of the molecule is COc1cccc(CC(=O)c2cc(Br)ccc2OCc2ccccc2)c1. The summed E-state index contributed by atoms with van der Waals surface area (Å²) in [5, 5.41) is 0. The van der Waals surface area contributed by atoms with Crippen LogP contribution in [0.5, 0.6) is 11.5 Å². The fourth-order valence-electron chi connectivity index (χ4n) is 2.64. The van der Waals surface area contributed by atoms with E-state index in [-0.39, 0.29) is 12.2 Å². The highest BCUT2D eigenvalue weighted by Crippen LogP contribution is 2.26. The first kappa shape index (κ1) is 18.2. The van der Waals surface area contributed by atoms with Crippen LogP contribution in [-0.2, 0) is 13.0 Å². The molecule has 0 amide bonds. The van der Waals surface area contributed by atoms with E-state index in [4.69, 9.17) is 9.47 Å². The first-order valence-electron chi connectivity index (χ1n) is 8.28. The van der Waals surface area contributed by atoms with E-state index in [1.807, 2.05) is 72.8 Å². The van der Waals surface area contributed by atoms with Crippen LogP contribution >= 0.6 is 15.9 Å². The van der Waals surface area contributed by atoms with Gasteiger partial charge in [0.05, 0.1) is 12.7 Å². The number of carbonyl (C=O) groups excluding carboxylic acids is 1. The highest BCUT2D eigenvalue weighted by atomic mass is 79.9. The molecule has 0 spiro atoms. The fourth-order valence-corrected chi connectivity index (χ4v) is 3.01. The number of carbonyl (C=O) groups is 1. The number of methoxy groups -OCH3 is 1. The van der Waals surface area contributed by atoms with E-state index < -0.39 is 0 Å². The quantitative estimate of drug-likeness (QED) is 0.485. The van der Waals surface area contributed by atoms with Gasteiger partial charge in [0.25, 0.3) is 0 Å². The van der Waals surface area contributed by atoms with Crippen molar-refractivity contribution < 1.29 is 14.3 Å². The topological polar surface area (TPSA) is 35.5 Å². The van der Waals surface area contributed by atoms with Crippen molar-refractivity contribution in [3.05, 3.63) is 94.0 Å². The van der Waals surface area contributed by atoms with Crippen molar-refractivity contribution >= 4 is 21.7 Å². The number of ketones is 1. The Labute approximate surface area is 161 Å². The highest BCUT2D eigenvalue weighted by Gasteiger charge is 2.15. The van der Waals surface area contributed by atoms with Gasteiger partial charge in [-0.25, -0.2) is 0 Å². The van der Waals surface area contributed by atoms with E-state index in [9.17, 15) is 4.79 Å². The van der Waals surface area contributed by atoms with Gasteiger partial charge in [0, 0.05) is 10.9 Å². The maximum Gasteiger partial charge on any atom is 0.170 e. The summed E-state index contributed by atoms with van der Waals surface area (Å²) in [7, 11) is 1.62. The number of Topliss-reactive ketones (excluding diaryl/α,β-unsaturated/α-hetero) is 1. The number of hydrogen-bond acceptors (Lipinski definition) is 3. The first-order valence-corrected chi connectivity index (χ1v) is 9.07. The smallest absolute Gasteiger partial charge is 0.170 e. The minimum absolute atomic E-state index is 0.00242. The average Bonchev–Trinajstić information content (AvgIpc) is 2.68. The van der Waals surface area contributed by atoms with Crippen LogP contribution in [0.1, 0.15) is 21.5 Å². The summed E-state index contributed by atoms with van der Waals surface area (Å²) in [5.74, 6) is 1.33. The summed E-state index contributed by atoms with van der Waals surface area (Å²) >= 11 is 3.44. The van der Waals surface area contributed by atoms with E-state index in [1.54, 1.807) is 7.11 Å². The van der Waals surface area contributed by atoms with Crippen molar-refractivity contribution in [2.75, 3.05) is 7.11 Å². The molecular formula is C22H19BrO3. The molecule has 26 heavy (non-hydrogen) atoms. The zero-order valence-corrected chi connectivity index (χ0v) is 16.0. The van der Waals surface area contributed by atoms with E-state index in [1.165, 1.54) is 0 Å². The molecule has 0 aliphatic heterocycles. The largest absolute Gasteiger partial charge is 0.497 e. The Morgan fingerprint density at radius 1 is 0.923 bits per heavy atom. The van der Waals surface area contributed by atoms with Crippen LogP contribution in [0.3, 0.4) is 0 Å². The second-order valence-electron chi connectivity index (χ2n) is 5.87. The van der Waals surface area contributed by atoms with Gasteiger partial charge >= 0.3 is 0 Å². The minimum atomic E-state index is 0.00242. The second kappa shape index (κ2) is 8.68. The molecule has 0 bridgehead atoms. The lowest BCUT2D eigenvalue weighted by Gasteiger charge is -2.12. The van der Waals surface area contributed by atoms with Gasteiger partial charge in [0.1, 0.15) is 18.1 Å². The molecule has 0 aliphatic carbocycles. The predicted molar refractivity (Wildman–Crippen MR) is 106 cm³/mol. The standard InChI is InChI=1S/C22H19BrO3/c1-25-19-9-5-8-17(12-19)13-21(24)20-14-18(23)10-11-22(20)26-15-16-6-3-2-4-7-16/h2-12,14H,13,15H2,1H3. The molecule has 0 radical (unpaired) electrons. The fraction of sp³-hybridized carbons (Fsp3) is 0.136. The van der Waals surface area contributed by atoms with Crippen LogP contribution < -0.4 is 9.47 Å². The van der Waals surface area contributed by atoms with Crippen LogP contribution in [0, 0.1) is 0 Å². The second-order valence-corrected chi connectivity index (χ2v) is 6.78. The number of hydrogen-bond donors (Lipinski definition) is 0. The molecule has 3 nitrogen and oxygen atoms in total. The van der Waals surface area contributed by atoms with Gasteiger partial charge in [-0.3, -0.25) is 4.79 Å². The number of benzene rings is 3. The van der Waals surface area contributed by atoms with Crippen LogP contribution in [0.2, 0.25) is 0 Å². The van der Waals surface area contributed by atoms with Gasteiger partial charge in [-0.2, -0.15) is 0 Å². The minimum Gasteiger partial charge on any atom is -0.497 e. The van der Waals surface area contributed by atoms with E-state index >= 15 is 0 Å². The van der Waals surface area contributed by atoms with Gasteiger partial charge in [-0.05, 0) is 41.5 Å². The van der Waals surface area contributed by atoms with Gasteiger partial charge in [0.15, 0.2) is 5.78 Å². The predicted octanol–water partition coefficient (Wildman–Crippen LogP) is 5.46. The average molecular weight is 411 g/mol. The number of halogens is 1. The van der Waals surface area contributed by atoms with Gasteiger partial charge in [0.2, 0.25) is 0 Å². The Hall–Kier alpha value is -2.59. The monoisotopic (exact) mass is 410 g/mol. The lowest BCUT2D eigenvalue weighted by molar-refractivity contribution is 0.0988. The first-order chi connectivity index (χ1) is 12.7. The molecule has 4 heteroatoms. The summed E-state index contributed by atoms with van der Waals surface area (Å²) in [5.41, 5.74) is 2.53. The Balaban J connectivity index is 1.79. The van der Waals surface area contributed by atoms with Crippen LogP contribution in [-0.4, -0.2) is 12.9 Å². The van der Waals surface area contributed by atoms with Crippen molar-refractivity contribution in [1.82, 2.24) is 0 Å². The van der Waals surface area contributed by atoms with E-state index in [0.717, 1.165) is 21.3 Å². The lowest BCUT2D eigenvalue weighted by atomic mass is 10.0. The highest BCUT2D eigenvalue weighted by molar-refractivity contribution is 9.10. The molecule has 0 fully saturated rings. The molecule has 0 saturated carbocycles. The van der Waals surface area contributed by atoms with Crippen LogP contribution in [0.25, 0.3) is 0 Å². The Morgan fingerprint density at radius 2 is 1.69 bits per heavy atom. The number of ether oxygens (including phenoxy) is 2. The molecular weight excluding hydrogens is 392 g/mol. The van der Waals surface area contributed by atoms with Crippen molar-refractivity contribution in [3.8, 4) is 11.5 Å². The Morgan fingerprint density at radius 3 is 2.46 bits per heavy atom. The van der Waals surface area contributed by atoms with Crippen molar-refractivity contribution in [1.29, 1.82) is 0 Å². The third kappa shape index (κ3) is 4.73. The Bertz CT molecular complexity index is 891. The van der Waals surface area contributed by atoms with Crippen LogP contribution in [0.15, 0.2) is 77.3 Å².